The lowest BCUT2D eigenvalue weighted by Gasteiger charge is -2.26. The Balaban J connectivity index is 0.00000289. The van der Waals surface area contributed by atoms with E-state index in [0.717, 1.165) is 49.6 Å². The Kier molecular flexibility index (Phi) is 9.32. The van der Waals surface area contributed by atoms with E-state index in [9.17, 15) is 4.79 Å². The third-order valence-electron chi connectivity index (χ3n) is 6.37. The molecule has 1 aromatic carbocycles. The number of hydrogen-bond acceptors (Lipinski definition) is 3. The molecule has 1 unspecified atom stereocenters. The van der Waals surface area contributed by atoms with Crippen LogP contribution in [-0.2, 0) is 11.3 Å². The van der Waals surface area contributed by atoms with Crippen LogP contribution in [-0.4, -0.2) is 47.9 Å². The number of benzene rings is 1. The van der Waals surface area contributed by atoms with E-state index in [4.69, 9.17) is 0 Å². The van der Waals surface area contributed by atoms with Gasteiger partial charge in [-0.25, -0.2) is 0 Å². The molecular weight excluding hydrogens is 513 g/mol. The summed E-state index contributed by atoms with van der Waals surface area (Å²) in [6, 6.07) is 14.6. The summed E-state index contributed by atoms with van der Waals surface area (Å²) in [7, 11) is 1.79. The van der Waals surface area contributed by atoms with Crippen LogP contribution < -0.4 is 10.6 Å². The van der Waals surface area contributed by atoms with Crippen LogP contribution in [0.2, 0.25) is 0 Å². The second-order valence-electron chi connectivity index (χ2n) is 8.59. The maximum Gasteiger partial charge on any atom is 0.225 e. The predicted octanol–water partition coefficient (Wildman–Crippen LogP) is 4.21. The summed E-state index contributed by atoms with van der Waals surface area (Å²) in [5, 5.41) is 6.92. The molecule has 0 bridgehead atoms. The van der Waals surface area contributed by atoms with Gasteiger partial charge in [0, 0.05) is 50.4 Å². The molecule has 4 rings (SSSR count). The number of pyridine rings is 1. The molecule has 2 aromatic rings. The second-order valence-corrected chi connectivity index (χ2v) is 8.59. The number of guanidine groups is 1. The molecule has 2 fully saturated rings. The van der Waals surface area contributed by atoms with Crippen LogP contribution >= 0.6 is 24.0 Å². The van der Waals surface area contributed by atoms with Crippen LogP contribution in [0.4, 0.5) is 0 Å². The molecule has 2 aliphatic rings. The fourth-order valence-corrected chi connectivity index (χ4v) is 4.63. The summed E-state index contributed by atoms with van der Waals surface area (Å²) in [4.78, 5) is 23.7. The normalized spacial score (nSPS) is 19.3. The van der Waals surface area contributed by atoms with Crippen molar-refractivity contribution in [1.82, 2.24) is 20.5 Å². The van der Waals surface area contributed by atoms with Gasteiger partial charge in [0.15, 0.2) is 5.96 Å². The number of halogens is 1. The summed E-state index contributed by atoms with van der Waals surface area (Å²) in [6.07, 6.45) is 8.58. The van der Waals surface area contributed by atoms with E-state index in [1.807, 2.05) is 24.4 Å². The van der Waals surface area contributed by atoms with Gasteiger partial charge in [-0.1, -0.05) is 43.5 Å². The third-order valence-corrected chi connectivity index (χ3v) is 6.37. The summed E-state index contributed by atoms with van der Waals surface area (Å²) in [5.41, 5.74) is 3.25. The molecule has 32 heavy (non-hydrogen) atoms. The average Bonchev–Trinajstić information content (AvgIpc) is 3.31. The molecule has 1 amide bonds. The van der Waals surface area contributed by atoms with E-state index >= 15 is 0 Å². The molecule has 1 saturated carbocycles. The first-order chi connectivity index (χ1) is 15.2. The first-order valence-electron chi connectivity index (χ1n) is 11.5. The monoisotopic (exact) mass is 547 g/mol. The highest BCUT2D eigenvalue weighted by atomic mass is 127. The Morgan fingerprint density at radius 2 is 1.97 bits per heavy atom. The standard InChI is InChI=1S/C25H33N5O.HI/c1-26-25(28-17-19-8-7-11-21(16-19)23-12-5-6-14-27-23)29-22-13-15-30(18-22)24(31)20-9-3-2-4-10-20;/h5-8,11-12,14,16,20,22H,2-4,9-10,13,15,17-18H2,1H3,(H2,26,28,29);1H. The molecule has 7 heteroatoms. The number of carbonyl (C=O) groups excluding carboxylic acids is 1. The molecule has 1 aliphatic carbocycles. The van der Waals surface area contributed by atoms with Crippen LogP contribution in [0.1, 0.15) is 44.1 Å². The highest BCUT2D eigenvalue weighted by Crippen LogP contribution is 2.26. The van der Waals surface area contributed by atoms with Crippen molar-refractivity contribution < 1.29 is 4.79 Å². The summed E-state index contributed by atoms with van der Waals surface area (Å²) in [5.74, 6) is 1.38. The van der Waals surface area contributed by atoms with Crippen LogP contribution in [0, 0.1) is 5.92 Å². The highest BCUT2D eigenvalue weighted by Gasteiger charge is 2.31. The minimum Gasteiger partial charge on any atom is -0.352 e. The van der Waals surface area contributed by atoms with Gasteiger partial charge in [0.25, 0.3) is 0 Å². The molecular formula is C25H34IN5O. The average molecular weight is 547 g/mol. The first-order valence-corrected chi connectivity index (χ1v) is 11.5. The summed E-state index contributed by atoms with van der Waals surface area (Å²) in [6.45, 7) is 2.29. The number of amides is 1. The van der Waals surface area contributed by atoms with Crippen LogP contribution in [0.15, 0.2) is 53.7 Å². The molecule has 2 N–H and O–H groups in total. The molecule has 0 radical (unpaired) electrons. The molecule has 1 atom stereocenters. The summed E-state index contributed by atoms with van der Waals surface area (Å²) >= 11 is 0. The largest absolute Gasteiger partial charge is 0.352 e. The van der Waals surface area contributed by atoms with Crippen molar-refractivity contribution in [2.45, 2.75) is 51.1 Å². The van der Waals surface area contributed by atoms with Gasteiger partial charge >= 0.3 is 0 Å². The van der Waals surface area contributed by atoms with Crippen molar-refractivity contribution in [3.05, 3.63) is 54.2 Å². The quantitative estimate of drug-likeness (QED) is 0.335. The molecule has 1 aliphatic heterocycles. The smallest absolute Gasteiger partial charge is 0.225 e. The number of hydrogen-bond donors (Lipinski definition) is 2. The van der Waals surface area contributed by atoms with Gasteiger partial charge in [-0.15, -0.1) is 24.0 Å². The fraction of sp³-hybridized carbons (Fsp3) is 0.480. The molecule has 172 valence electrons. The van der Waals surface area contributed by atoms with Gasteiger partial charge in [0.05, 0.1) is 5.69 Å². The van der Waals surface area contributed by atoms with Gasteiger partial charge in [0.1, 0.15) is 0 Å². The minimum atomic E-state index is 0. The molecule has 2 heterocycles. The molecule has 1 saturated heterocycles. The lowest BCUT2D eigenvalue weighted by Crippen LogP contribution is -2.45. The van der Waals surface area contributed by atoms with E-state index in [1.54, 1.807) is 7.05 Å². The van der Waals surface area contributed by atoms with Gasteiger partial charge in [-0.05, 0) is 43.0 Å². The van der Waals surface area contributed by atoms with Crippen molar-refractivity contribution in [3.8, 4) is 11.3 Å². The van der Waals surface area contributed by atoms with Crippen molar-refractivity contribution in [2.75, 3.05) is 20.1 Å². The van der Waals surface area contributed by atoms with E-state index in [-0.39, 0.29) is 35.9 Å². The number of likely N-dealkylation sites (tertiary alicyclic amines) is 1. The Bertz CT molecular complexity index is 898. The zero-order valence-electron chi connectivity index (χ0n) is 18.8. The minimum absolute atomic E-state index is 0. The zero-order valence-corrected chi connectivity index (χ0v) is 21.1. The second kappa shape index (κ2) is 12.2. The van der Waals surface area contributed by atoms with E-state index in [2.05, 4.69) is 49.8 Å². The Morgan fingerprint density at radius 3 is 2.72 bits per heavy atom. The number of nitrogens with zero attached hydrogens (tertiary/aromatic N) is 3. The fourth-order valence-electron chi connectivity index (χ4n) is 4.63. The van der Waals surface area contributed by atoms with Gasteiger partial charge in [-0.3, -0.25) is 14.8 Å². The van der Waals surface area contributed by atoms with E-state index in [1.165, 1.54) is 24.8 Å². The number of aliphatic imine (C=N–C) groups is 1. The highest BCUT2D eigenvalue weighted by molar-refractivity contribution is 14.0. The van der Waals surface area contributed by atoms with Crippen molar-refractivity contribution in [1.29, 1.82) is 0 Å². The van der Waals surface area contributed by atoms with Gasteiger partial charge in [-0.2, -0.15) is 0 Å². The number of nitrogens with one attached hydrogen (secondary N) is 2. The van der Waals surface area contributed by atoms with Crippen molar-refractivity contribution in [3.63, 3.8) is 0 Å². The molecule has 0 spiro atoms. The Morgan fingerprint density at radius 1 is 1.12 bits per heavy atom. The first kappa shape index (κ1) is 24.5. The predicted molar refractivity (Wildman–Crippen MR) is 140 cm³/mol. The van der Waals surface area contributed by atoms with E-state index < -0.39 is 0 Å². The number of rotatable bonds is 5. The zero-order chi connectivity index (χ0) is 21.5. The Labute approximate surface area is 208 Å². The van der Waals surface area contributed by atoms with Crippen LogP contribution in [0.25, 0.3) is 11.3 Å². The number of aromatic nitrogens is 1. The molecule has 1 aromatic heterocycles. The Hall–Kier alpha value is -2.16. The lowest BCUT2D eigenvalue weighted by atomic mass is 9.88. The van der Waals surface area contributed by atoms with Crippen molar-refractivity contribution in [2.24, 2.45) is 10.9 Å². The number of carbonyl (C=O) groups is 1. The van der Waals surface area contributed by atoms with Crippen LogP contribution in [0.3, 0.4) is 0 Å². The SMILES string of the molecule is CN=C(NCc1cccc(-c2ccccn2)c1)NC1CCN(C(=O)C2CCCCC2)C1.I. The summed E-state index contributed by atoms with van der Waals surface area (Å²) < 4.78 is 0. The van der Waals surface area contributed by atoms with Crippen LogP contribution in [0.5, 0.6) is 0 Å². The topological polar surface area (TPSA) is 69.6 Å². The maximum absolute atomic E-state index is 12.8. The van der Waals surface area contributed by atoms with Crippen molar-refractivity contribution >= 4 is 35.8 Å². The molecule has 6 nitrogen and oxygen atoms in total. The lowest BCUT2D eigenvalue weighted by molar-refractivity contribution is -0.135. The van der Waals surface area contributed by atoms with Gasteiger partial charge in [0.2, 0.25) is 5.91 Å². The van der Waals surface area contributed by atoms with Gasteiger partial charge < -0.3 is 15.5 Å². The van der Waals surface area contributed by atoms with E-state index in [0.29, 0.717) is 12.5 Å². The third kappa shape index (κ3) is 6.43. The maximum atomic E-state index is 12.8.